The number of hydrogen-bond acceptors (Lipinski definition) is 3. The van der Waals surface area contributed by atoms with Gasteiger partial charge in [-0.15, -0.1) is 0 Å². The van der Waals surface area contributed by atoms with Gasteiger partial charge < -0.3 is 14.6 Å². The first-order chi connectivity index (χ1) is 8.63. The molecule has 0 aromatic carbocycles. The van der Waals surface area contributed by atoms with Crippen LogP contribution in [0, 0.1) is 6.92 Å². The minimum Gasteiger partial charge on any atom is -0.383 e. The Hall–Kier alpha value is -1.03. The van der Waals surface area contributed by atoms with Crippen LogP contribution in [0.2, 0.25) is 0 Å². The van der Waals surface area contributed by atoms with Crippen LogP contribution in [0.1, 0.15) is 44.7 Å². The van der Waals surface area contributed by atoms with Crippen molar-refractivity contribution in [2.45, 2.75) is 58.0 Å². The van der Waals surface area contributed by atoms with Gasteiger partial charge in [-0.1, -0.05) is 19.3 Å². The molecule has 1 aliphatic rings. The smallest absolute Gasteiger partial charge is 0.203 e. The first-order valence-corrected chi connectivity index (χ1v) is 6.94. The summed E-state index contributed by atoms with van der Waals surface area (Å²) in [4.78, 5) is 4.60. The minimum absolute atomic E-state index is 0.209. The number of imidazole rings is 1. The van der Waals surface area contributed by atoms with Crippen LogP contribution in [0.15, 0.2) is 6.20 Å². The van der Waals surface area contributed by atoms with Crippen molar-refractivity contribution in [2.75, 3.05) is 19.0 Å². The maximum Gasteiger partial charge on any atom is 0.203 e. The van der Waals surface area contributed by atoms with Gasteiger partial charge in [-0.2, -0.15) is 0 Å². The van der Waals surface area contributed by atoms with E-state index in [1.165, 1.54) is 32.1 Å². The van der Waals surface area contributed by atoms with Crippen LogP contribution in [-0.4, -0.2) is 28.8 Å². The second kappa shape index (κ2) is 5.74. The lowest BCUT2D eigenvalue weighted by atomic mass is 9.83. The Bertz CT molecular complexity index is 380. The molecule has 2 rings (SSSR count). The van der Waals surface area contributed by atoms with E-state index in [1.807, 2.05) is 6.92 Å². The number of ether oxygens (including phenoxy) is 1. The lowest BCUT2D eigenvalue weighted by Gasteiger charge is -2.35. The van der Waals surface area contributed by atoms with Crippen molar-refractivity contribution >= 4 is 5.95 Å². The first kappa shape index (κ1) is 13.4. The van der Waals surface area contributed by atoms with E-state index in [2.05, 4.69) is 28.0 Å². The largest absolute Gasteiger partial charge is 0.383 e. The highest BCUT2D eigenvalue weighted by Crippen LogP contribution is 2.30. The molecule has 0 bridgehead atoms. The summed E-state index contributed by atoms with van der Waals surface area (Å²) in [6, 6.07) is 0. The molecule has 0 atom stereocenters. The average Bonchev–Trinajstić information content (AvgIpc) is 2.67. The Morgan fingerprint density at radius 3 is 2.78 bits per heavy atom. The predicted octanol–water partition coefficient (Wildman–Crippen LogP) is 2.97. The zero-order chi connectivity index (χ0) is 13.0. The van der Waals surface area contributed by atoms with Gasteiger partial charge in [0.25, 0.3) is 0 Å². The molecular weight excluding hydrogens is 226 g/mol. The van der Waals surface area contributed by atoms with E-state index in [-0.39, 0.29) is 5.54 Å². The van der Waals surface area contributed by atoms with Gasteiger partial charge in [0.05, 0.1) is 12.3 Å². The molecule has 4 nitrogen and oxygen atoms in total. The van der Waals surface area contributed by atoms with E-state index in [0.717, 1.165) is 24.8 Å². The Kier molecular flexibility index (Phi) is 4.27. The van der Waals surface area contributed by atoms with Crippen LogP contribution < -0.4 is 5.32 Å². The fourth-order valence-corrected chi connectivity index (χ4v) is 2.73. The Morgan fingerprint density at radius 1 is 1.39 bits per heavy atom. The quantitative estimate of drug-likeness (QED) is 0.874. The van der Waals surface area contributed by atoms with Crippen LogP contribution in [-0.2, 0) is 11.3 Å². The van der Waals surface area contributed by atoms with Gasteiger partial charge >= 0.3 is 0 Å². The third-order valence-corrected chi connectivity index (χ3v) is 3.80. The fraction of sp³-hybridized carbons (Fsp3) is 0.786. The van der Waals surface area contributed by atoms with Gasteiger partial charge in [0, 0.05) is 25.4 Å². The van der Waals surface area contributed by atoms with E-state index in [0.29, 0.717) is 0 Å². The Morgan fingerprint density at radius 2 is 2.11 bits per heavy atom. The topological polar surface area (TPSA) is 39.1 Å². The second-order valence-electron chi connectivity index (χ2n) is 5.64. The van der Waals surface area contributed by atoms with Crippen molar-refractivity contribution in [3.63, 3.8) is 0 Å². The summed E-state index contributed by atoms with van der Waals surface area (Å²) >= 11 is 0. The molecule has 1 fully saturated rings. The predicted molar refractivity (Wildman–Crippen MR) is 74.0 cm³/mol. The summed E-state index contributed by atoms with van der Waals surface area (Å²) in [5.74, 6) is 0.994. The number of nitrogens with zero attached hydrogens (tertiary/aromatic N) is 2. The van der Waals surface area contributed by atoms with Crippen LogP contribution in [0.25, 0.3) is 0 Å². The molecule has 0 unspecified atom stereocenters. The van der Waals surface area contributed by atoms with Gasteiger partial charge in [0.15, 0.2) is 0 Å². The molecular formula is C14H25N3O. The zero-order valence-electron chi connectivity index (χ0n) is 11.8. The van der Waals surface area contributed by atoms with Crippen LogP contribution in [0.3, 0.4) is 0 Å². The molecule has 4 heteroatoms. The lowest BCUT2D eigenvalue weighted by Crippen LogP contribution is -2.37. The van der Waals surface area contributed by atoms with E-state index >= 15 is 0 Å². The van der Waals surface area contributed by atoms with E-state index < -0.39 is 0 Å². The molecule has 0 radical (unpaired) electrons. The molecule has 0 spiro atoms. The van der Waals surface area contributed by atoms with Gasteiger partial charge in [-0.3, -0.25) is 0 Å². The summed E-state index contributed by atoms with van der Waals surface area (Å²) in [5, 5.41) is 3.65. The van der Waals surface area contributed by atoms with Crippen molar-refractivity contribution in [2.24, 2.45) is 0 Å². The lowest BCUT2D eigenvalue weighted by molar-refractivity contribution is 0.187. The third-order valence-electron chi connectivity index (χ3n) is 3.80. The van der Waals surface area contributed by atoms with E-state index in [9.17, 15) is 0 Å². The summed E-state index contributed by atoms with van der Waals surface area (Å²) < 4.78 is 7.31. The molecule has 0 saturated heterocycles. The van der Waals surface area contributed by atoms with Gasteiger partial charge in [0.1, 0.15) is 0 Å². The average molecular weight is 251 g/mol. The Balaban J connectivity index is 2.07. The number of rotatable bonds is 5. The number of hydrogen-bond donors (Lipinski definition) is 1. The molecule has 1 N–H and O–H groups in total. The van der Waals surface area contributed by atoms with Crippen LogP contribution in [0.5, 0.6) is 0 Å². The number of anilines is 1. The highest BCUT2D eigenvalue weighted by atomic mass is 16.5. The molecule has 18 heavy (non-hydrogen) atoms. The summed E-state index contributed by atoms with van der Waals surface area (Å²) in [6.07, 6.45) is 8.58. The van der Waals surface area contributed by atoms with Gasteiger partial charge in [-0.25, -0.2) is 4.98 Å². The van der Waals surface area contributed by atoms with Gasteiger partial charge in [0.2, 0.25) is 5.95 Å². The highest BCUT2D eigenvalue weighted by molar-refractivity contribution is 5.33. The van der Waals surface area contributed by atoms with Crippen molar-refractivity contribution in [1.82, 2.24) is 9.55 Å². The highest BCUT2D eigenvalue weighted by Gasteiger charge is 2.27. The summed E-state index contributed by atoms with van der Waals surface area (Å²) in [5.41, 5.74) is 1.27. The first-order valence-electron chi connectivity index (χ1n) is 6.94. The molecule has 1 aromatic rings. The maximum atomic E-state index is 5.15. The normalized spacial score (nSPS) is 18.8. The standard InChI is InChI=1S/C14H25N3O/c1-12-11-17(9-10-18-3)13(15-12)16-14(2)7-5-4-6-8-14/h11H,4-10H2,1-3H3,(H,15,16). The van der Waals surface area contributed by atoms with Crippen LogP contribution in [0.4, 0.5) is 5.95 Å². The SMILES string of the molecule is COCCn1cc(C)nc1NC1(C)CCCCC1. The third kappa shape index (κ3) is 3.25. The molecule has 1 heterocycles. The number of nitrogens with one attached hydrogen (secondary N) is 1. The second-order valence-corrected chi connectivity index (χ2v) is 5.64. The van der Waals surface area contributed by atoms with Crippen LogP contribution >= 0.6 is 0 Å². The van der Waals surface area contributed by atoms with E-state index in [1.54, 1.807) is 7.11 Å². The van der Waals surface area contributed by atoms with Crippen molar-refractivity contribution < 1.29 is 4.74 Å². The number of aryl methyl sites for hydroxylation is 1. The maximum absolute atomic E-state index is 5.15. The Labute approximate surface area is 110 Å². The van der Waals surface area contributed by atoms with Crippen molar-refractivity contribution in [1.29, 1.82) is 0 Å². The zero-order valence-corrected chi connectivity index (χ0v) is 11.8. The monoisotopic (exact) mass is 251 g/mol. The molecule has 0 aliphatic heterocycles. The molecule has 1 aliphatic carbocycles. The summed E-state index contributed by atoms with van der Waals surface area (Å²) in [6.45, 7) is 5.94. The van der Waals surface area contributed by atoms with Gasteiger partial charge in [-0.05, 0) is 26.7 Å². The number of methoxy groups -OCH3 is 1. The molecule has 102 valence electrons. The number of aromatic nitrogens is 2. The molecule has 0 amide bonds. The van der Waals surface area contributed by atoms with E-state index in [4.69, 9.17) is 4.74 Å². The van der Waals surface area contributed by atoms with Crippen molar-refractivity contribution in [3.05, 3.63) is 11.9 Å². The molecule has 1 saturated carbocycles. The minimum atomic E-state index is 0.209. The summed E-state index contributed by atoms with van der Waals surface area (Å²) in [7, 11) is 1.74. The fourth-order valence-electron chi connectivity index (χ4n) is 2.73. The van der Waals surface area contributed by atoms with Crippen molar-refractivity contribution in [3.8, 4) is 0 Å². The molecule has 1 aromatic heterocycles.